The van der Waals surface area contributed by atoms with Gasteiger partial charge in [0.05, 0.1) is 7.11 Å². The molecule has 0 saturated carbocycles. The van der Waals surface area contributed by atoms with Crippen LogP contribution in [0.25, 0.3) is 11.1 Å². The van der Waals surface area contributed by atoms with Gasteiger partial charge in [-0.15, -0.1) is 0 Å². The van der Waals surface area contributed by atoms with Crippen molar-refractivity contribution in [3.63, 3.8) is 0 Å². The molecule has 114 valence electrons. The first-order valence-electron chi connectivity index (χ1n) is 7.41. The van der Waals surface area contributed by atoms with Gasteiger partial charge < -0.3 is 9.84 Å². The molecule has 4 rings (SSSR count). The Balaban J connectivity index is 2.03. The average Bonchev–Trinajstić information content (AvgIpc) is 2.86. The molecule has 0 bridgehead atoms. The molecule has 1 aliphatic carbocycles. The van der Waals surface area contributed by atoms with E-state index in [0.717, 1.165) is 28.0 Å². The third-order valence-corrected chi connectivity index (χ3v) is 4.49. The lowest BCUT2D eigenvalue weighted by Crippen LogP contribution is -2.26. The van der Waals surface area contributed by atoms with Crippen LogP contribution in [0.3, 0.4) is 0 Å². The second kappa shape index (κ2) is 4.93. The van der Waals surface area contributed by atoms with Crippen molar-refractivity contribution in [1.29, 1.82) is 0 Å². The number of methoxy groups -OCH3 is 1. The first kappa shape index (κ1) is 14.0. The van der Waals surface area contributed by atoms with Gasteiger partial charge in [0.1, 0.15) is 17.2 Å². The molecule has 1 aliphatic rings. The van der Waals surface area contributed by atoms with Crippen LogP contribution in [0.15, 0.2) is 66.7 Å². The zero-order valence-corrected chi connectivity index (χ0v) is 12.6. The van der Waals surface area contributed by atoms with Gasteiger partial charge >= 0.3 is 0 Å². The Labute approximate surface area is 133 Å². The highest BCUT2D eigenvalue weighted by molar-refractivity contribution is 5.83. The summed E-state index contributed by atoms with van der Waals surface area (Å²) < 4.78 is 18.6. The van der Waals surface area contributed by atoms with Gasteiger partial charge in [-0.3, -0.25) is 0 Å². The lowest BCUT2D eigenvalue weighted by molar-refractivity contribution is 0.130. The predicted molar refractivity (Wildman–Crippen MR) is 86.9 cm³/mol. The molecule has 3 heteroatoms. The van der Waals surface area contributed by atoms with Gasteiger partial charge in [-0.25, -0.2) is 4.39 Å². The SMILES string of the molecule is COc1ccc2c(c1)-c1ccccc1C2(O)c1ccc(F)cc1. The number of halogens is 1. The predicted octanol–water partition coefficient (Wildman–Crippen LogP) is 4.10. The molecular weight excluding hydrogens is 291 g/mol. The molecule has 0 aliphatic heterocycles. The molecule has 1 unspecified atom stereocenters. The minimum Gasteiger partial charge on any atom is -0.497 e. The van der Waals surface area contributed by atoms with Crippen molar-refractivity contribution in [1.82, 2.24) is 0 Å². The smallest absolute Gasteiger partial charge is 0.141 e. The number of rotatable bonds is 2. The molecule has 0 radical (unpaired) electrons. The maximum atomic E-state index is 13.3. The van der Waals surface area contributed by atoms with E-state index in [9.17, 15) is 9.50 Å². The summed E-state index contributed by atoms with van der Waals surface area (Å²) in [5.41, 5.74) is 2.85. The van der Waals surface area contributed by atoms with Crippen molar-refractivity contribution in [3.05, 3.63) is 89.2 Å². The van der Waals surface area contributed by atoms with Gasteiger partial charge in [-0.2, -0.15) is 0 Å². The number of fused-ring (bicyclic) bond motifs is 3. The molecule has 0 fully saturated rings. The lowest BCUT2D eigenvalue weighted by atomic mass is 9.84. The molecule has 0 amide bonds. The van der Waals surface area contributed by atoms with Gasteiger partial charge in [-0.1, -0.05) is 42.5 Å². The van der Waals surface area contributed by atoms with E-state index >= 15 is 0 Å². The summed E-state index contributed by atoms with van der Waals surface area (Å²) in [5, 5.41) is 11.6. The second-order valence-corrected chi connectivity index (χ2v) is 5.67. The van der Waals surface area contributed by atoms with E-state index < -0.39 is 5.60 Å². The Morgan fingerprint density at radius 2 is 1.57 bits per heavy atom. The van der Waals surface area contributed by atoms with E-state index in [-0.39, 0.29) is 5.82 Å². The zero-order valence-electron chi connectivity index (χ0n) is 12.6. The number of hydrogen-bond donors (Lipinski definition) is 1. The highest BCUT2D eigenvalue weighted by Gasteiger charge is 2.43. The van der Waals surface area contributed by atoms with Gasteiger partial charge in [0.25, 0.3) is 0 Å². The number of hydrogen-bond acceptors (Lipinski definition) is 2. The van der Waals surface area contributed by atoms with Gasteiger partial charge in [0, 0.05) is 11.1 Å². The van der Waals surface area contributed by atoms with Crippen molar-refractivity contribution < 1.29 is 14.2 Å². The molecule has 0 aromatic heterocycles. The lowest BCUT2D eigenvalue weighted by Gasteiger charge is -2.26. The molecule has 3 aromatic rings. The van der Waals surface area contributed by atoms with E-state index in [1.165, 1.54) is 12.1 Å². The summed E-state index contributed by atoms with van der Waals surface area (Å²) >= 11 is 0. The Hall–Kier alpha value is -2.65. The van der Waals surface area contributed by atoms with E-state index in [4.69, 9.17) is 4.74 Å². The van der Waals surface area contributed by atoms with E-state index in [2.05, 4.69) is 0 Å². The van der Waals surface area contributed by atoms with Crippen LogP contribution in [0.1, 0.15) is 16.7 Å². The summed E-state index contributed by atoms with van der Waals surface area (Å²) in [6.07, 6.45) is 0. The summed E-state index contributed by atoms with van der Waals surface area (Å²) in [5.74, 6) is 0.417. The Bertz CT molecular complexity index is 886. The van der Waals surface area contributed by atoms with Crippen LogP contribution in [0.2, 0.25) is 0 Å². The largest absolute Gasteiger partial charge is 0.497 e. The summed E-state index contributed by atoms with van der Waals surface area (Å²) in [4.78, 5) is 0. The summed E-state index contributed by atoms with van der Waals surface area (Å²) in [6.45, 7) is 0. The Morgan fingerprint density at radius 3 is 2.30 bits per heavy atom. The van der Waals surface area contributed by atoms with Crippen LogP contribution in [0.4, 0.5) is 4.39 Å². The first-order valence-corrected chi connectivity index (χ1v) is 7.41. The quantitative estimate of drug-likeness (QED) is 0.772. The van der Waals surface area contributed by atoms with Crippen LogP contribution < -0.4 is 4.74 Å². The van der Waals surface area contributed by atoms with Crippen LogP contribution >= 0.6 is 0 Å². The molecule has 1 N–H and O–H groups in total. The van der Waals surface area contributed by atoms with E-state index in [1.807, 2.05) is 42.5 Å². The van der Waals surface area contributed by atoms with Crippen LogP contribution in [-0.4, -0.2) is 12.2 Å². The number of ether oxygens (including phenoxy) is 1. The standard InChI is InChI=1S/C20H15FO2/c1-23-15-10-11-19-17(12-15)16-4-2-3-5-18(16)20(19,22)13-6-8-14(21)9-7-13/h2-12,22H,1H3. The Morgan fingerprint density at radius 1 is 0.870 bits per heavy atom. The highest BCUT2D eigenvalue weighted by atomic mass is 19.1. The van der Waals surface area contributed by atoms with Crippen molar-refractivity contribution >= 4 is 0 Å². The minimum absolute atomic E-state index is 0.321. The van der Waals surface area contributed by atoms with Gasteiger partial charge in [-0.05, 0) is 41.0 Å². The average molecular weight is 306 g/mol. The van der Waals surface area contributed by atoms with Crippen molar-refractivity contribution in [3.8, 4) is 16.9 Å². The van der Waals surface area contributed by atoms with Crippen molar-refractivity contribution in [2.45, 2.75) is 5.60 Å². The topological polar surface area (TPSA) is 29.5 Å². The summed E-state index contributed by atoms with van der Waals surface area (Å²) in [7, 11) is 1.62. The van der Waals surface area contributed by atoms with Crippen LogP contribution in [0, 0.1) is 5.82 Å². The highest BCUT2D eigenvalue weighted by Crippen LogP contribution is 2.51. The van der Waals surface area contributed by atoms with Crippen LogP contribution in [0.5, 0.6) is 5.75 Å². The minimum atomic E-state index is -1.29. The normalized spacial score (nSPS) is 18.4. The zero-order chi connectivity index (χ0) is 16.0. The molecular formula is C20H15FO2. The molecule has 23 heavy (non-hydrogen) atoms. The monoisotopic (exact) mass is 306 g/mol. The number of benzene rings is 3. The van der Waals surface area contributed by atoms with Crippen molar-refractivity contribution in [2.24, 2.45) is 0 Å². The molecule has 0 saturated heterocycles. The second-order valence-electron chi connectivity index (χ2n) is 5.67. The third-order valence-electron chi connectivity index (χ3n) is 4.49. The fraction of sp³-hybridized carbons (Fsp3) is 0.100. The molecule has 0 heterocycles. The maximum Gasteiger partial charge on any atom is 0.141 e. The fourth-order valence-corrected chi connectivity index (χ4v) is 3.37. The van der Waals surface area contributed by atoms with E-state index in [1.54, 1.807) is 19.2 Å². The van der Waals surface area contributed by atoms with E-state index in [0.29, 0.717) is 5.56 Å². The molecule has 3 aromatic carbocycles. The van der Waals surface area contributed by atoms with Gasteiger partial charge in [0.15, 0.2) is 0 Å². The first-order chi connectivity index (χ1) is 11.1. The fourth-order valence-electron chi connectivity index (χ4n) is 3.37. The third kappa shape index (κ3) is 1.90. The maximum absolute atomic E-state index is 13.3. The number of aliphatic hydroxyl groups is 1. The van der Waals surface area contributed by atoms with Gasteiger partial charge in [0.2, 0.25) is 0 Å². The molecule has 2 nitrogen and oxygen atoms in total. The Kier molecular flexibility index (Phi) is 3.00. The van der Waals surface area contributed by atoms with Crippen LogP contribution in [-0.2, 0) is 5.60 Å². The summed E-state index contributed by atoms with van der Waals surface area (Å²) in [6, 6.07) is 19.4. The molecule has 0 spiro atoms. The molecule has 1 atom stereocenters. The van der Waals surface area contributed by atoms with Crippen molar-refractivity contribution in [2.75, 3.05) is 7.11 Å².